The lowest BCUT2D eigenvalue weighted by Gasteiger charge is -2.38. The van der Waals surface area contributed by atoms with Crippen molar-refractivity contribution in [3.8, 4) is 0 Å². The number of rotatable bonds is 3. The van der Waals surface area contributed by atoms with Crippen LogP contribution in [0.5, 0.6) is 0 Å². The summed E-state index contributed by atoms with van der Waals surface area (Å²) in [5.41, 5.74) is 3.77. The summed E-state index contributed by atoms with van der Waals surface area (Å²) in [5, 5.41) is 1.10. The number of nitrogens with zero attached hydrogens (tertiary/aromatic N) is 1. The SMILES string of the molecule is NNC(c1cc2ccccc2o1)C1CN2CCCC2CO1. The van der Waals surface area contributed by atoms with Gasteiger partial charge in [-0.1, -0.05) is 18.2 Å². The van der Waals surface area contributed by atoms with E-state index in [9.17, 15) is 0 Å². The first-order valence-corrected chi connectivity index (χ1v) is 7.65. The summed E-state index contributed by atoms with van der Waals surface area (Å²) in [4.78, 5) is 2.52. The molecule has 3 atom stereocenters. The van der Waals surface area contributed by atoms with E-state index >= 15 is 0 Å². The summed E-state index contributed by atoms with van der Waals surface area (Å²) >= 11 is 0. The van der Waals surface area contributed by atoms with Crippen LogP contribution in [-0.4, -0.2) is 36.7 Å². The Hall–Kier alpha value is -1.40. The second-order valence-electron chi connectivity index (χ2n) is 5.99. The molecule has 5 heteroatoms. The van der Waals surface area contributed by atoms with Gasteiger partial charge in [-0.15, -0.1) is 0 Å². The second-order valence-corrected chi connectivity index (χ2v) is 5.99. The molecule has 2 aliphatic heterocycles. The fourth-order valence-electron chi connectivity index (χ4n) is 3.57. The van der Waals surface area contributed by atoms with E-state index in [0.29, 0.717) is 6.04 Å². The number of para-hydroxylation sites is 1. The molecule has 2 saturated heterocycles. The lowest BCUT2D eigenvalue weighted by atomic mass is 10.1. The zero-order valence-corrected chi connectivity index (χ0v) is 12.0. The summed E-state index contributed by atoms with van der Waals surface area (Å²) in [6.07, 6.45) is 2.55. The normalized spacial score (nSPS) is 27.9. The molecule has 2 fully saturated rings. The molecule has 3 N–H and O–H groups in total. The van der Waals surface area contributed by atoms with Gasteiger partial charge in [-0.3, -0.25) is 10.7 Å². The minimum absolute atomic E-state index is 0.0323. The number of ether oxygens (including phenoxy) is 1. The van der Waals surface area contributed by atoms with Gasteiger partial charge in [0.05, 0.1) is 12.7 Å². The van der Waals surface area contributed by atoms with E-state index in [-0.39, 0.29) is 12.1 Å². The number of nitrogens with one attached hydrogen (secondary N) is 1. The van der Waals surface area contributed by atoms with E-state index < -0.39 is 0 Å². The fraction of sp³-hybridized carbons (Fsp3) is 0.500. The third-order valence-corrected chi connectivity index (χ3v) is 4.72. The molecule has 1 aromatic carbocycles. The minimum atomic E-state index is -0.112. The Morgan fingerprint density at radius 3 is 3.10 bits per heavy atom. The van der Waals surface area contributed by atoms with Crippen molar-refractivity contribution in [2.24, 2.45) is 5.84 Å². The molecule has 2 aromatic rings. The smallest absolute Gasteiger partial charge is 0.134 e. The van der Waals surface area contributed by atoms with Gasteiger partial charge >= 0.3 is 0 Å². The summed E-state index contributed by atoms with van der Waals surface area (Å²) < 4.78 is 12.0. The van der Waals surface area contributed by atoms with Crippen molar-refractivity contribution in [3.63, 3.8) is 0 Å². The van der Waals surface area contributed by atoms with E-state index in [0.717, 1.165) is 29.9 Å². The monoisotopic (exact) mass is 287 g/mol. The molecule has 112 valence electrons. The predicted octanol–water partition coefficient (Wildman–Crippen LogP) is 1.80. The highest BCUT2D eigenvalue weighted by Gasteiger charge is 2.37. The average Bonchev–Trinajstić information content (AvgIpc) is 3.13. The molecule has 0 bridgehead atoms. The molecule has 0 amide bonds. The Balaban J connectivity index is 1.59. The summed E-state index contributed by atoms with van der Waals surface area (Å²) in [5.74, 6) is 6.63. The van der Waals surface area contributed by atoms with Gasteiger partial charge in [-0.2, -0.15) is 0 Å². The molecular weight excluding hydrogens is 266 g/mol. The summed E-state index contributed by atoms with van der Waals surface area (Å²) in [6, 6.07) is 10.6. The highest BCUT2D eigenvalue weighted by Crippen LogP contribution is 2.31. The molecule has 5 nitrogen and oxygen atoms in total. The standard InChI is InChI=1S/C16H21N3O2/c17-18-16(14-8-11-4-1-2-6-13(11)21-14)15-9-19-7-3-5-12(19)10-20-15/h1-2,4,6,8,12,15-16,18H,3,5,7,9-10,17H2. The van der Waals surface area contributed by atoms with Crippen molar-refractivity contribution in [2.75, 3.05) is 19.7 Å². The van der Waals surface area contributed by atoms with E-state index in [1.807, 2.05) is 24.3 Å². The van der Waals surface area contributed by atoms with Crippen molar-refractivity contribution in [1.82, 2.24) is 10.3 Å². The molecule has 2 aliphatic rings. The maximum Gasteiger partial charge on any atom is 0.134 e. The van der Waals surface area contributed by atoms with Crippen LogP contribution in [0.2, 0.25) is 0 Å². The second kappa shape index (κ2) is 5.42. The maximum absolute atomic E-state index is 6.05. The number of nitrogens with two attached hydrogens (primary N) is 1. The van der Waals surface area contributed by atoms with Gasteiger partial charge in [0, 0.05) is 18.0 Å². The average molecular weight is 287 g/mol. The summed E-state index contributed by atoms with van der Waals surface area (Å²) in [7, 11) is 0. The van der Waals surface area contributed by atoms with Gasteiger partial charge in [-0.25, -0.2) is 5.43 Å². The van der Waals surface area contributed by atoms with Crippen LogP contribution in [0.4, 0.5) is 0 Å². The summed E-state index contributed by atoms with van der Waals surface area (Å²) in [6.45, 7) is 2.88. The van der Waals surface area contributed by atoms with Gasteiger partial charge in [0.1, 0.15) is 17.4 Å². The number of benzene rings is 1. The Morgan fingerprint density at radius 2 is 2.24 bits per heavy atom. The van der Waals surface area contributed by atoms with Crippen molar-refractivity contribution < 1.29 is 9.15 Å². The Kier molecular flexibility index (Phi) is 3.43. The molecule has 21 heavy (non-hydrogen) atoms. The van der Waals surface area contributed by atoms with Crippen molar-refractivity contribution >= 4 is 11.0 Å². The molecule has 1 aromatic heterocycles. The van der Waals surface area contributed by atoms with Crippen LogP contribution < -0.4 is 11.3 Å². The molecule has 0 aliphatic carbocycles. The first-order chi connectivity index (χ1) is 10.3. The molecular formula is C16H21N3O2. The first kappa shape index (κ1) is 13.3. The van der Waals surface area contributed by atoms with Crippen LogP contribution in [0, 0.1) is 0 Å². The Morgan fingerprint density at radius 1 is 1.33 bits per heavy atom. The largest absolute Gasteiger partial charge is 0.459 e. The number of furan rings is 1. The predicted molar refractivity (Wildman–Crippen MR) is 80.6 cm³/mol. The minimum Gasteiger partial charge on any atom is -0.459 e. The van der Waals surface area contributed by atoms with Crippen LogP contribution >= 0.6 is 0 Å². The Labute approximate surface area is 124 Å². The maximum atomic E-state index is 6.05. The van der Waals surface area contributed by atoms with Crippen LogP contribution in [0.3, 0.4) is 0 Å². The van der Waals surface area contributed by atoms with Crippen molar-refractivity contribution in [3.05, 3.63) is 36.1 Å². The van der Waals surface area contributed by atoms with Gasteiger partial charge in [0.2, 0.25) is 0 Å². The number of morpholine rings is 1. The number of hydrogen-bond acceptors (Lipinski definition) is 5. The molecule has 0 saturated carbocycles. The topological polar surface area (TPSA) is 63.7 Å². The molecule has 4 rings (SSSR count). The zero-order chi connectivity index (χ0) is 14.2. The van der Waals surface area contributed by atoms with Crippen molar-refractivity contribution in [1.29, 1.82) is 0 Å². The number of fused-ring (bicyclic) bond motifs is 2. The van der Waals surface area contributed by atoms with E-state index in [4.69, 9.17) is 15.0 Å². The lowest BCUT2D eigenvalue weighted by molar-refractivity contribution is -0.0679. The van der Waals surface area contributed by atoms with Gasteiger partial charge in [0.15, 0.2) is 0 Å². The Bertz CT molecular complexity index is 594. The third-order valence-electron chi connectivity index (χ3n) is 4.72. The molecule has 3 unspecified atom stereocenters. The molecule has 0 spiro atoms. The van der Waals surface area contributed by atoms with Crippen molar-refractivity contribution in [2.45, 2.75) is 31.0 Å². The number of hydrogen-bond donors (Lipinski definition) is 2. The van der Waals surface area contributed by atoms with Crippen LogP contribution in [0.15, 0.2) is 34.7 Å². The van der Waals surface area contributed by atoms with Gasteiger partial charge < -0.3 is 9.15 Å². The molecule has 3 heterocycles. The highest BCUT2D eigenvalue weighted by atomic mass is 16.5. The number of hydrazine groups is 1. The quantitative estimate of drug-likeness (QED) is 0.666. The van der Waals surface area contributed by atoms with E-state index in [1.54, 1.807) is 0 Å². The highest BCUT2D eigenvalue weighted by molar-refractivity contribution is 5.77. The fourth-order valence-corrected chi connectivity index (χ4v) is 3.57. The van der Waals surface area contributed by atoms with Gasteiger partial charge in [-0.05, 0) is 31.5 Å². The first-order valence-electron chi connectivity index (χ1n) is 7.65. The zero-order valence-electron chi connectivity index (χ0n) is 12.0. The van der Waals surface area contributed by atoms with Crippen LogP contribution in [0.25, 0.3) is 11.0 Å². The van der Waals surface area contributed by atoms with Crippen LogP contribution in [-0.2, 0) is 4.74 Å². The lowest BCUT2D eigenvalue weighted by Crippen LogP contribution is -2.51. The van der Waals surface area contributed by atoms with Gasteiger partial charge in [0.25, 0.3) is 0 Å². The molecule has 0 radical (unpaired) electrons. The third kappa shape index (κ3) is 2.36. The van der Waals surface area contributed by atoms with E-state index in [2.05, 4.69) is 16.4 Å². The van der Waals surface area contributed by atoms with Crippen LogP contribution in [0.1, 0.15) is 24.6 Å². The van der Waals surface area contributed by atoms with E-state index in [1.165, 1.54) is 19.4 Å².